The van der Waals surface area contributed by atoms with Crippen LogP contribution in [0.3, 0.4) is 0 Å². The van der Waals surface area contributed by atoms with E-state index in [-0.39, 0.29) is 11.8 Å². The summed E-state index contributed by atoms with van der Waals surface area (Å²) in [7, 11) is 0. The van der Waals surface area contributed by atoms with Crippen molar-refractivity contribution in [2.75, 3.05) is 18.5 Å². The molecule has 0 bridgehead atoms. The van der Waals surface area contributed by atoms with Crippen LogP contribution in [0.2, 0.25) is 0 Å². The van der Waals surface area contributed by atoms with Gasteiger partial charge in [-0.1, -0.05) is 12.1 Å². The number of benzene rings is 1. The largest absolute Gasteiger partial charge is 0.506 e. The van der Waals surface area contributed by atoms with Crippen molar-refractivity contribution in [2.24, 2.45) is 11.7 Å². The molecule has 1 aromatic carbocycles. The van der Waals surface area contributed by atoms with Crippen LogP contribution in [0, 0.1) is 5.92 Å². The van der Waals surface area contributed by atoms with E-state index in [0.29, 0.717) is 18.6 Å². The van der Waals surface area contributed by atoms with E-state index >= 15 is 0 Å². The van der Waals surface area contributed by atoms with Gasteiger partial charge >= 0.3 is 0 Å². The highest BCUT2D eigenvalue weighted by molar-refractivity contribution is 5.64. The zero-order valence-corrected chi connectivity index (χ0v) is 9.02. The van der Waals surface area contributed by atoms with Crippen LogP contribution in [-0.2, 0) is 4.74 Å². The van der Waals surface area contributed by atoms with Crippen molar-refractivity contribution in [1.29, 1.82) is 0 Å². The van der Waals surface area contributed by atoms with E-state index in [0.717, 1.165) is 24.3 Å². The minimum Gasteiger partial charge on any atom is -0.506 e. The van der Waals surface area contributed by atoms with Gasteiger partial charge in [-0.25, -0.2) is 0 Å². The van der Waals surface area contributed by atoms with Gasteiger partial charge in [-0.2, -0.15) is 0 Å². The summed E-state index contributed by atoms with van der Waals surface area (Å²) >= 11 is 0. The number of para-hydroxylation sites is 1. The third kappa shape index (κ3) is 1.37. The first-order valence-electron chi connectivity index (χ1n) is 5.69. The number of ether oxygens (including phenoxy) is 1. The number of phenolic OH excluding ortho intramolecular Hbond substituents is 1. The molecule has 3 rings (SSSR count). The summed E-state index contributed by atoms with van der Waals surface area (Å²) in [5.41, 5.74) is 8.03. The van der Waals surface area contributed by atoms with Gasteiger partial charge in [0.2, 0.25) is 0 Å². The van der Waals surface area contributed by atoms with E-state index in [4.69, 9.17) is 10.5 Å². The maximum absolute atomic E-state index is 9.82. The molecule has 1 aromatic rings. The summed E-state index contributed by atoms with van der Waals surface area (Å²) in [4.78, 5) is 0. The molecule has 4 heteroatoms. The van der Waals surface area contributed by atoms with Gasteiger partial charge in [0.15, 0.2) is 0 Å². The summed E-state index contributed by atoms with van der Waals surface area (Å²) in [5.74, 6) is 0.598. The Morgan fingerprint density at radius 2 is 2.31 bits per heavy atom. The second kappa shape index (κ2) is 3.64. The minimum absolute atomic E-state index is 0.0475. The molecule has 16 heavy (non-hydrogen) atoms. The Hall–Kier alpha value is -1.26. The predicted octanol–water partition coefficient (Wildman–Crippen LogP) is 1.22. The van der Waals surface area contributed by atoms with E-state index in [1.807, 2.05) is 12.1 Å². The molecular formula is C12H16N2O2. The highest BCUT2D eigenvalue weighted by Gasteiger charge is 2.37. The Morgan fingerprint density at radius 1 is 1.44 bits per heavy atom. The van der Waals surface area contributed by atoms with E-state index in [9.17, 15) is 5.11 Å². The molecule has 0 aromatic heterocycles. The lowest BCUT2D eigenvalue weighted by Gasteiger charge is -2.41. The van der Waals surface area contributed by atoms with Crippen LogP contribution in [0.4, 0.5) is 5.69 Å². The van der Waals surface area contributed by atoms with Crippen molar-refractivity contribution >= 4 is 5.69 Å². The first-order valence-corrected chi connectivity index (χ1v) is 5.69. The number of nitrogens with two attached hydrogens (primary N) is 1. The van der Waals surface area contributed by atoms with Gasteiger partial charge in [-0.3, -0.25) is 0 Å². The van der Waals surface area contributed by atoms with Crippen molar-refractivity contribution in [2.45, 2.75) is 18.5 Å². The standard InChI is InChI=1S/C12H16N2O2/c13-11-7-2-1-3-10(15)12(7)14-9-4-5-16-6-8(9)11/h1-3,8-9,11,14-15H,4-6,13H2. The van der Waals surface area contributed by atoms with Crippen LogP contribution in [0.5, 0.6) is 5.75 Å². The fourth-order valence-corrected chi connectivity index (χ4v) is 2.70. The number of hydrogen-bond acceptors (Lipinski definition) is 4. The molecule has 0 radical (unpaired) electrons. The van der Waals surface area contributed by atoms with Gasteiger partial charge in [0.25, 0.3) is 0 Å². The van der Waals surface area contributed by atoms with Gasteiger partial charge < -0.3 is 20.9 Å². The highest BCUT2D eigenvalue weighted by Crippen LogP contribution is 2.41. The Balaban J connectivity index is 2.03. The topological polar surface area (TPSA) is 67.5 Å². The molecule has 86 valence electrons. The van der Waals surface area contributed by atoms with Crippen LogP contribution >= 0.6 is 0 Å². The summed E-state index contributed by atoms with van der Waals surface area (Å²) < 4.78 is 5.47. The first-order chi connectivity index (χ1) is 7.77. The number of rotatable bonds is 0. The van der Waals surface area contributed by atoms with Crippen molar-refractivity contribution in [3.05, 3.63) is 23.8 Å². The van der Waals surface area contributed by atoms with Crippen molar-refractivity contribution < 1.29 is 9.84 Å². The fraction of sp³-hybridized carbons (Fsp3) is 0.500. The number of phenols is 1. The minimum atomic E-state index is -0.0475. The van der Waals surface area contributed by atoms with Crippen molar-refractivity contribution in [3.8, 4) is 5.75 Å². The number of fused-ring (bicyclic) bond motifs is 2. The van der Waals surface area contributed by atoms with Crippen molar-refractivity contribution in [3.63, 3.8) is 0 Å². The average molecular weight is 220 g/mol. The molecule has 0 amide bonds. The Kier molecular flexibility index (Phi) is 2.26. The summed E-state index contributed by atoms with van der Waals surface area (Å²) in [6.45, 7) is 1.47. The molecule has 1 fully saturated rings. The van der Waals surface area contributed by atoms with Crippen LogP contribution in [0.15, 0.2) is 18.2 Å². The van der Waals surface area contributed by atoms with Gasteiger partial charge in [0, 0.05) is 24.6 Å². The van der Waals surface area contributed by atoms with Gasteiger partial charge in [-0.05, 0) is 18.1 Å². The molecule has 2 aliphatic rings. The zero-order chi connectivity index (χ0) is 11.1. The summed E-state index contributed by atoms with van der Waals surface area (Å²) in [6.07, 6.45) is 0.951. The molecule has 3 unspecified atom stereocenters. The van der Waals surface area contributed by atoms with Crippen LogP contribution < -0.4 is 11.1 Å². The zero-order valence-electron chi connectivity index (χ0n) is 9.02. The predicted molar refractivity (Wildman–Crippen MR) is 61.4 cm³/mol. The second-order valence-electron chi connectivity index (χ2n) is 4.55. The smallest absolute Gasteiger partial charge is 0.139 e. The monoisotopic (exact) mass is 220 g/mol. The third-order valence-electron chi connectivity index (χ3n) is 3.63. The number of nitrogens with one attached hydrogen (secondary N) is 1. The molecule has 0 spiro atoms. The average Bonchev–Trinajstić information content (AvgIpc) is 2.31. The lowest BCUT2D eigenvalue weighted by molar-refractivity contribution is 0.0341. The molecule has 4 nitrogen and oxygen atoms in total. The maximum Gasteiger partial charge on any atom is 0.139 e. The van der Waals surface area contributed by atoms with Gasteiger partial charge in [-0.15, -0.1) is 0 Å². The Bertz CT molecular complexity index is 408. The third-order valence-corrected chi connectivity index (χ3v) is 3.63. The van der Waals surface area contributed by atoms with E-state index in [2.05, 4.69) is 5.32 Å². The molecule has 2 heterocycles. The lowest BCUT2D eigenvalue weighted by atomic mass is 9.81. The normalized spacial score (nSPS) is 32.4. The second-order valence-corrected chi connectivity index (χ2v) is 4.55. The fourth-order valence-electron chi connectivity index (χ4n) is 2.70. The van der Waals surface area contributed by atoms with E-state index in [1.165, 1.54) is 0 Å². The lowest BCUT2D eigenvalue weighted by Crippen LogP contribution is -2.46. The molecule has 2 aliphatic heterocycles. The molecule has 0 aliphatic carbocycles. The van der Waals surface area contributed by atoms with Crippen LogP contribution in [-0.4, -0.2) is 24.4 Å². The maximum atomic E-state index is 9.82. The SMILES string of the molecule is NC1c2cccc(O)c2NC2CCOCC21. The summed E-state index contributed by atoms with van der Waals surface area (Å²) in [5, 5.41) is 13.2. The number of aromatic hydroxyl groups is 1. The van der Waals surface area contributed by atoms with E-state index in [1.54, 1.807) is 6.07 Å². The van der Waals surface area contributed by atoms with Gasteiger partial charge in [0.05, 0.1) is 12.3 Å². The van der Waals surface area contributed by atoms with Crippen molar-refractivity contribution in [1.82, 2.24) is 0 Å². The quantitative estimate of drug-likeness (QED) is 0.575. The molecule has 1 saturated heterocycles. The highest BCUT2D eigenvalue weighted by atomic mass is 16.5. The van der Waals surface area contributed by atoms with Crippen LogP contribution in [0.1, 0.15) is 18.0 Å². The Labute approximate surface area is 94.4 Å². The number of hydrogen-bond donors (Lipinski definition) is 3. The number of anilines is 1. The van der Waals surface area contributed by atoms with Gasteiger partial charge in [0.1, 0.15) is 5.75 Å². The van der Waals surface area contributed by atoms with E-state index < -0.39 is 0 Å². The molecule has 0 saturated carbocycles. The first kappa shape index (κ1) is 9.93. The molecule has 3 atom stereocenters. The van der Waals surface area contributed by atoms with Crippen LogP contribution in [0.25, 0.3) is 0 Å². The molecular weight excluding hydrogens is 204 g/mol. The Morgan fingerprint density at radius 3 is 3.19 bits per heavy atom. The summed E-state index contributed by atoms with van der Waals surface area (Å²) in [6, 6.07) is 5.77. The molecule has 4 N–H and O–H groups in total.